The Morgan fingerprint density at radius 1 is 1.47 bits per heavy atom. The van der Waals surface area contributed by atoms with Gasteiger partial charge in [0.2, 0.25) is 0 Å². The van der Waals surface area contributed by atoms with Crippen molar-refractivity contribution in [1.82, 2.24) is 9.97 Å². The summed E-state index contributed by atoms with van der Waals surface area (Å²) < 4.78 is 14.7. The molecule has 3 nitrogen and oxygen atoms in total. The third kappa shape index (κ3) is 2.32. The quantitative estimate of drug-likeness (QED) is 0.907. The van der Waals surface area contributed by atoms with E-state index in [-0.39, 0.29) is 5.82 Å². The summed E-state index contributed by atoms with van der Waals surface area (Å²) in [7, 11) is 0. The number of benzene rings is 1. The maximum absolute atomic E-state index is 13.8. The van der Waals surface area contributed by atoms with E-state index >= 15 is 0 Å². The maximum atomic E-state index is 13.8. The van der Waals surface area contributed by atoms with Crippen molar-refractivity contribution in [2.24, 2.45) is 11.7 Å². The fourth-order valence-corrected chi connectivity index (χ4v) is 2.67. The number of imidazole rings is 1. The van der Waals surface area contributed by atoms with E-state index in [1.807, 2.05) is 6.92 Å². The molecule has 1 atom stereocenters. The fourth-order valence-electron chi connectivity index (χ4n) is 2.31. The molecule has 3 N–H and O–H groups in total. The number of nitrogens with two attached hydrogens (primary N) is 1. The number of hydrogen-bond acceptors (Lipinski definition) is 2. The third-order valence-corrected chi connectivity index (χ3v) is 4.22. The van der Waals surface area contributed by atoms with Crippen LogP contribution in [0.15, 0.2) is 28.9 Å². The van der Waals surface area contributed by atoms with E-state index in [4.69, 9.17) is 5.73 Å². The molecule has 1 heterocycles. The van der Waals surface area contributed by atoms with Crippen molar-refractivity contribution >= 4 is 15.9 Å². The number of H-pyrrole nitrogens is 1. The maximum Gasteiger partial charge on any atom is 0.132 e. The lowest BCUT2D eigenvalue weighted by molar-refractivity contribution is 0.404. The molecule has 100 valence electrons. The molecule has 1 aliphatic carbocycles. The molecule has 1 fully saturated rings. The second-order valence-electron chi connectivity index (χ2n) is 5.33. The molecule has 19 heavy (non-hydrogen) atoms. The van der Waals surface area contributed by atoms with Gasteiger partial charge in [0.15, 0.2) is 0 Å². The monoisotopic (exact) mass is 323 g/mol. The first kappa shape index (κ1) is 12.8. The first-order valence-corrected chi connectivity index (χ1v) is 7.07. The fraction of sp³-hybridized carbons (Fsp3) is 0.357. The molecule has 5 heteroatoms. The van der Waals surface area contributed by atoms with Crippen molar-refractivity contribution < 1.29 is 4.39 Å². The Hall–Kier alpha value is -1.20. The predicted octanol–water partition coefficient (Wildman–Crippen LogP) is 3.56. The zero-order valence-electron chi connectivity index (χ0n) is 10.6. The van der Waals surface area contributed by atoms with Crippen molar-refractivity contribution in [1.29, 1.82) is 0 Å². The lowest BCUT2D eigenvalue weighted by atomic mass is 9.97. The van der Waals surface area contributed by atoms with Gasteiger partial charge in [-0.3, -0.25) is 0 Å². The molecule has 0 radical (unpaired) electrons. The molecule has 3 rings (SSSR count). The van der Waals surface area contributed by atoms with Gasteiger partial charge in [-0.2, -0.15) is 0 Å². The Labute approximate surface area is 119 Å². The van der Waals surface area contributed by atoms with Gasteiger partial charge < -0.3 is 10.7 Å². The van der Waals surface area contributed by atoms with Crippen LogP contribution in [0.1, 0.15) is 25.6 Å². The number of aromatic amines is 1. The van der Waals surface area contributed by atoms with E-state index in [1.165, 1.54) is 6.07 Å². The summed E-state index contributed by atoms with van der Waals surface area (Å²) in [5.41, 5.74) is 7.01. The minimum atomic E-state index is -0.458. The topological polar surface area (TPSA) is 54.7 Å². The van der Waals surface area contributed by atoms with Gasteiger partial charge in [0.05, 0.1) is 17.4 Å². The van der Waals surface area contributed by atoms with Crippen LogP contribution in [0.3, 0.4) is 0 Å². The number of halogens is 2. The zero-order chi connectivity index (χ0) is 13.6. The Morgan fingerprint density at radius 2 is 2.21 bits per heavy atom. The first-order chi connectivity index (χ1) is 8.98. The lowest BCUT2D eigenvalue weighted by Crippen LogP contribution is -2.36. The second-order valence-corrected chi connectivity index (χ2v) is 6.24. The number of nitrogens with one attached hydrogen (secondary N) is 1. The zero-order valence-corrected chi connectivity index (χ0v) is 12.2. The average molecular weight is 324 g/mol. The summed E-state index contributed by atoms with van der Waals surface area (Å²) in [5.74, 6) is 0.923. The van der Waals surface area contributed by atoms with Crippen molar-refractivity contribution in [3.63, 3.8) is 0 Å². The molecule has 0 saturated heterocycles. The summed E-state index contributed by atoms with van der Waals surface area (Å²) in [4.78, 5) is 7.50. The van der Waals surface area contributed by atoms with E-state index in [2.05, 4.69) is 25.9 Å². The number of nitrogens with zero attached hydrogens (tertiary/aromatic N) is 1. The minimum absolute atomic E-state index is 0.274. The summed E-state index contributed by atoms with van der Waals surface area (Å²) in [6.45, 7) is 1.98. The molecule has 0 bridgehead atoms. The molecule has 2 aromatic rings. The van der Waals surface area contributed by atoms with Crippen LogP contribution < -0.4 is 5.73 Å². The highest BCUT2D eigenvalue weighted by Crippen LogP contribution is 2.43. The molecule has 1 unspecified atom stereocenters. The summed E-state index contributed by atoms with van der Waals surface area (Å²) in [5, 5.41) is 0. The van der Waals surface area contributed by atoms with Crippen LogP contribution in [-0.4, -0.2) is 9.97 Å². The van der Waals surface area contributed by atoms with Gasteiger partial charge in [-0.05, 0) is 43.9 Å². The summed E-state index contributed by atoms with van der Waals surface area (Å²) in [6, 6.07) is 4.84. The molecular formula is C14H15BrFN3. The molecule has 0 spiro atoms. The molecule has 1 aromatic carbocycles. The van der Waals surface area contributed by atoms with Gasteiger partial charge >= 0.3 is 0 Å². The standard InChI is InChI=1S/C14H15BrFN3/c1-14(17,8-2-3-8)13-18-7-12(19-13)10-6-9(15)4-5-11(10)16/h4-8H,2-3,17H2,1H3,(H,18,19). The number of hydrogen-bond donors (Lipinski definition) is 2. The molecule has 0 aliphatic heterocycles. The predicted molar refractivity (Wildman–Crippen MR) is 75.9 cm³/mol. The Balaban J connectivity index is 1.99. The number of rotatable bonds is 3. The highest BCUT2D eigenvalue weighted by Gasteiger charge is 2.41. The highest BCUT2D eigenvalue weighted by molar-refractivity contribution is 9.10. The van der Waals surface area contributed by atoms with Crippen LogP contribution in [0.4, 0.5) is 4.39 Å². The van der Waals surface area contributed by atoms with Crippen LogP contribution in [0, 0.1) is 11.7 Å². The number of aromatic nitrogens is 2. The molecule has 1 saturated carbocycles. The first-order valence-electron chi connectivity index (χ1n) is 6.28. The molecule has 0 amide bonds. The van der Waals surface area contributed by atoms with Crippen molar-refractivity contribution in [3.8, 4) is 11.3 Å². The summed E-state index contributed by atoms with van der Waals surface area (Å²) in [6.07, 6.45) is 3.91. The SMILES string of the molecule is CC(N)(c1ncc(-c2cc(Br)ccc2F)[nH]1)C1CC1. The van der Waals surface area contributed by atoms with Crippen LogP contribution in [-0.2, 0) is 5.54 Å². The lowest BCUT2D eigenvalue weighted by Gasteiger charge is -2.21. The van der Waals surface area contributed by atoms with Gasteiger partial charge in [-0.25, -0.2) is 9.37 Å². The minimum Gasteiger partial charge on any atom is -0.340 e. The van der Waals surface area contributed by atoms with E-state index in [9.17, 15) is 4.39 Å². The van der Waals surface area contributed by atoms with Crippen molar-refractivity contribution in [2.75, 3.05) is 0 Å². The van der Waals surface area contributed by atoms with Crippen molar-refractivity contribution in [3.05, 3.63) is 40.5 Å². The van der Waals surface area contributed by atoms with Gasteiger partial charge in [0.1, 0.15) is 11.6 Å². The normalized spacial score (nSPS) is 18.3. The van der Waals surface area contributed by atoms with Gasteiger partial charge in [-0.15, -0.1) is 0 Å². The van der Waals surface area contributed by atoms with Gasteiger partial charge in [0.25, 0.3) is 0 Å². The van der Waals surface area contributed by atoms with Gasteiger partial charge in [0, 0.05) is 10.0 Å². The van der Waals surface area contributed by atoms with E-state index in [0.29, 0.717) is 17.2 Å². The largest absolute Gasteiger partial charge is 0.340 e. The highest BCUT2D eigenvalue weighted by atomic mass is 79.9. The second kappa shape index (κ2) is 4.42. The molecule has 1 aromatic heterocycles. The smallest absolute Gasteiger partial charge is 0.132 e. The average Bonchev–Trinajstić information content (AvgIpc) is 3.11. The Kier molecular flexibility index (Phi) is 2.98. The van der Waals surface area contributed by atoms with Crippen LogP contribution >= 0.6 is 15.9 Å². The van der Waals surface area contributed by atoms with Crippen molar-refractivity contribution in [2.45, 2.75) is 25.3 Å². The molecular weight excluding hydrogens is 309 g/mol. The summed E-state index contributed by atoms with van der Waals surface area (Å²) >= 11 is 3.35. The Bertz CT molecular complexity index is 617. The Morgan fingerprint density at radius 3 is 2.89 bits per heavy atom. The third-order valence-electron chi connectivity index (χ3n) is 3.73. The van der Waals surface area contributed by atoms with Crippen LogP contribution in [0.2, 0.25) is 0 Å². The van der Waals surface area contributed by atoms with E-state index in [0.717, 1.165) is 23.1 Å². The van der Waals surface area contributed by atoms with Crippen LogP contribution in [0.25, 0.3) is 11.3 Å². The van der Waals surface area contributed by atoms with Crippen LogP contribution in [0.5, 0.6) is 0 Å². The van der Waals surface area contributed by atoms with E-state index < -0.39 is 5.54 Å². The van der Waals surface area contributed by atoms with E-state index in [1.54, 1.807) is 18.3 Å². The van der Waals surface area contributed by atoms with Gasteiger partial charge in [-0.1, -0.05) is 15.9 Å². The molecule has 1 aliphatic rings.